The van der Waals surface area contributed by atoms with Crippen LogP contribution in [0.25, 0.3) is 0 Å². The molecule has 4 nitrogen and oxygen atoms in total. The Labute approximate surface area is 148 Å². The highest BCUT2D eigenvalue weighted by Gasteiger charge is 2.15. The van der Waals surface area contributed by atoms with Gasteiger partial charge in [-0.05, 0) is 61.5 Å². The van der Waals surface area contributed by atoms with Crippen LogP contribution in [0.2, 0.25) is 0 Å². The number of rotatable bonds is 4. The molecule has 0 heterocycles. The molecule has 132 valence electrons. The van der Waals surface area contributed by atoms with Crippen molar-refractivity contribution in [3.05, 3.63) is 58.9 Å². The number of nitrogens with one attached hydrogen (secondary N) is 3. The second-order valence-electron chi connectivity index (χ2n) is 5.38. The Bertz CT molecular complexity index is 827. The van der Waals surface area contributed by atoms with Crippen LogP contribution in [0.3, 0.4) is 0 Å². The molecular formula is C17H16F3N3OS. The number of amides is 1. The summed E-state index contributed by atoms with van der Waals surface area (Å²) in [6, 6.07) is 7.34. The molecular weight excluding hydrogens is 351 g/mol. The lowest BCUT2D eigenvalue weighted by Gasteiger charge is -2.12. The van der Waals surface area contributed by atoms with Gasteiger partial charge in [-0.2, -0.15) is 0 Å². The first-order chi connectivity index (χ1) is 11.8. The number of carbonyl (C=O) groups excluding carboxylic acids is 1. The summed E-state index contributed by atoms with van der Waals surface area (Å²) in [5.74, 6) is -5.08. The lowest BCUT2D eigenvalue weighted by atomic mass is 10.1. The Morgan fingerprint density at radius 3 is 2.40 bits per heavy atom. The molecule has 0 saturated heterocycles. The van der Waals surface area contributed by atoms with Gasteiger partial charge >= 0.3 is 0 Å². The molecule has 0 unspecified atom stereocenters. The Kier molecular flexibility index (Phi) is 5.97. The molecule has 0 aliphatic carbocycles. The van der Waals surface area contributed by atoms with Crippen molar-refractivity contribution in [2.45, 2.75) is 13.8 Å². The summed E-state index contributed by atoms with van der Waals surface area (Å²) in [7, 11) is 0. The topological polar surface area (TPSA) is 53.2 Å². The van der Waals surface area contributed by atoms with E-state index in [0.717, 1.165) is 28.9 Å². The number of anilines is 2. The molecule has 0 bridgehead atoms. The van der Waals surface area contributed by atoms with Gasteiger partial charge in [0, 0.05) is 5.69 Å². The van der Waals surface area contributed by atoms with Crippen LogP contribution < -0.4 is 16.0 Å². The summed E-state index contributed by atoms with van der Waals surface area (Å²) in [5.41, 5.74) is 2.53. The van der Waals surface area contributed by atoms with E-state index in [-0.39, 0.29) is 11.7 Å². The number of benzene rings is 2. The summed E-state index contributed by atoms with van der Waals surface area (Å²) in [4.78, 5) is 11.8. The Morgan fingerprint density at radius 1 is 1.00 bits per heavy atom. The zero-order valence-electron chi connectivity index (χ0n) is 13.5. The van der Waals surface area contributed by atoms with Crippen LogP contribution in [0.5, 0.6) is 0 Å². The van der Waals surface area contributed by atoms with E-state index in [1.165, 1.54) is 0 Å². The molecule has 0 aliphatic rings. The summed E-state index contributed by atoms with van der Waals surface area (Å²) >= 11 is 5.07. The van der Waals surface area contributed by atoms with Gasteiger partial charge in [-0.25, -0.2) is 13.2 Å². The molecule has 25 heavy (non-hydrogen) atoms. The van der Waals surface area contributed by atoms with Gasteiger partial charge in [-0.1, -0.05) is 6.07 Å². The van der Waals surface area contributed by atoms with Crippen LogP contribution >= 0.6 is 12.2 Å². The molecule has 2 aromatic carbocycles. The van der Waals surface area contributed by atoms with Crippen molar-refractivity contribution < 1.29 is 18.0 Å². The van der Waals surface area contributed by atoms with Crippen LogP contribution in [0.1, 0.15) is 11.1 Å². The smallest absolute Gasteiger partial charge is 0.243 e. The van der Waals surface area contributed by atoms with Crippen molar-refractivity contribution in [3.63, 3.8) is 0 Å². The number of halogens is 3. The van der Waals surface area contributed by atoms with Gasteiger partial charge in [-0.3, -0.25) is 4.79 Å². The fourth-order valence-electron chi connectivity index (χ4n) is 1.97. The summed E-state index contributed by atoms with van der Waals surface area (Å²) in [6.07, 6.45) is 0. The molecule has 0 aromatic heterocycles. The average Bonchev–Trinajstić information content (AvgIpc) is 2.57. The lowest BCUT2D eigenvalue weighted by molar-refractivity contribution is -0.115. The first-order valence-electron chi connectivity index (χ1n) is 7.33. The number of carbonyl (C=O) groups is 1. The third-order valence-corrected chi connectivity index (χ3v) is 3.73. The highest BCUT2D eigenvalue weighted by atomic mass is 32.1. The fraction of sp³-hybridized carbons (Fsp3) is 0.176. The lowest BCUT2D eigenvalue weighted by Crippen LogP contribution is -2.35. The van der Waals surface area contributed by atoms with Gasteiger partial charge in [-0.15, -0.1) is 0 Å². The minimum Gasteiger partial charge on any atom is -0.353 e. The van der Waals surface area contributed by atoms with Gasteiger partial charge in [0.25, 0.3) is 0 Å². The van der Waals surface area contributed by atoms with Crippen molar-refractivity contribution in [1.82, 2.24) is 5.32 Å². The van der Waals surface area contributed by atoms with Gasteiger partial charge in [0.05, 0.1) is 12.2 Å². The van der Waals surface area contributed by atoms with E-state index >= 15 is 0 Å². The molecule has 2 rings (SSSR count). The molecule has 0 aliphatic heterocycles. The Morgan fingerprint density at radius 2 is 1.72 bits per heavy atom. The zero-order chi connectivity index (χ0) is 18.6. The van der Waals surface area contributed by atoms with Crippen LogP contribution in [0, 0.1) is 31.3 Å². The van der Waals surface area contributed by atoms with E-state index in [4.69, 9.17) is 12.2 Å². The molecule has 0 saturated carbocycles. The van der Waals surface area contributed by atoms with Gasteiger partial charge < -0.3 is 16.0 Å². The third-order valence-electron chi connectivity index (χ3n) is 3.48. The molecule has 0 fully saturated rings. The standard InChI is InChI=1S/C17H16F3N3OS/c1-9-3-4-11(7-10(9)2)22-17(25)21-8-14(24)23-13-6-5-12(18)15(19)16(13)20/h3-7H,8H2,1-2H3,(H,23,24)(H2,21,22,25). The van der Waals surface area contributed by atoms with E-state index in [9.17, 15) is 18.0 Å². The maximum atomic E-state index is 13.5. The van der Waals surface area contributed by atoms with Crippen LogP contribution in [-0.2, 0) is 4.79 Å². The number of hydrogen-bond acceptors (Lipinski definition) is 2. The maximum Gasteiger partial charge on any atom is 0.243 e. The molecule has 0 atom stereocenters. The minimum absolute atomic E-state index is 0.198. The van der Waals surface area contributed by atoms with Crippen molar-refractivity contribution in [2.75, 3.05) is 17.2 Å². The van der Waals surface area contributed by atoms with E-state index in [2.05, 4.69) is 16.0 Å². The monoisotopic (exact) mass is 367 g/mol. The summed E-state index contributed by atoms with van der Waals surface area (Å²) in [5, 5.41) is 7.90. The van der Waals surface area contributed by atoms with Gasteiger partial charge in [0.2, 0.25) is 5.91 Å². The normalized spacial score (nSPS) is 10.3. The van der Waals surface area contributed by atoms with Crippen LogP contribution in [0.15, 0.2) is 30.3 Å². The molecule has 3 N–H and O–H groups in total. The van der Waals surface area contributed by atoms with E-state index in [1.54, 1.807) is 0 Å². The third kappa shape index (κ3) is 4.93. The first kappa shape index (κ1) is 18.7. The SMILES string of the molecule is Cc1ccc(NC(=S)NCC(=O)Nc2ccc(F)c(F)c2F)cc1C. The minimum atomic E-state index is -1.64. The van der Waals surface area contributed by atoms with Crippen molar-refractivity contribution in [3.8, 4) is 0 Å². The maximum absolute atomic E-state index is 13.5. The Balaban J connectivity index is 1.88. The predicted octanol–water partition coefficient (Wildman–Crippen LogP) is 3.65. The predicted molar refractivity (Wildman–Crippen MR) is 95.1 cm³/mol. The molecule has 2 aromatic rings. The van der Waals surface area contributed by atoms with E-state index < -0.39 is 29.0 Å². The molecule has 0 spiro atoms. The molecule has 8 heteroatoms. The highest BCUT2D eigenvalue weighted by Crippen LogP contribution is 2.19. The molecule has 0 radical (unpaired) electrons. The summed E-state index contributed by atoms with van der Waals surface area (Å²) in [6.45, 7) is 3.67. The quantitative estimate of drug-likeness (QED) is 0.570. The number of thiocarbonyl (C=S) groups is 1. The van der Waals surface area contributed by atoms with Crippen LogP contribution in [-0.4, -0.2) is 17.6 Å². The summed E-state index contributed by atoms with van der Waals surface area (Å²) < 4.78 is 39.4. The Hall–Kier alpha value is -2.61. The van der Waals surface area contributed by atoms with Crippen molar-refractivity contribution >= 4 is 34.6 Å². The van der Waals surface area contributed by atoms with Gasteiger partial charge in [0.1, 0.15) is 0 Å². The second kappa shape index (κ2) is 7.98. The molecule has 1 amide bonds. The number of aryl methyl sites for hydroxylation is 2. The highest BCUT2D eigenvalue weighted by molar-refractivity contribution is 7.80. The zero-order valence-corrected chi connectivity index (χ0v) is 14.4. The van der Waals surface area contributed by atoms with E-state index in [1.807, 2.05) is 32.0 Å². The van der Waals surface area contributed by atoms with E-state index in [0.29, 0.717) is 0 Å². The largest absolute Gasteiger partial charge is 0.353 e. The van der Waals surface area contributed by atoms with Crippen molar-refractivity contribution in [2.24, 2.45) is 0 Å². The first-order valence-corrected chi connectivity index (χ1v) is 7.74. The van der Waals surface area contributed by atoms with Crippen molar-refractivity contribution in [1.29, 1.82) is 0 Å². The average molecular weight is 367 g/mol. The fourth-order valence-corrected chi connectivity index (χ4v) is 2.16. The second-order valence-corrected chi connectivity index (χ2v) is 5.79. The van der Waals surface area contributed by atoms with Crippen LogP contribution in [0.4, 0.5) is 24.5 Å². The number of hydrogen-bond donors (Lipinski definition) is 3. The van der Waals surface area contributed by atoms with Gasteiger partial charge in [0.15, 0.2) is 22.6 Å².